The number of nitrogens with one attached hydrogen (secondary N) is 4. The molecule has 342 valence electrons. The zero-order valence-corrected chi connectivity index (χ0v) is 41.9. The average Bonchev–Trinajstić information content (AvgIpc) is 3.92. The van der Waals surface area contributed by atoms with Gasteiger partial charge in [-0.25, -0.2) is 0 Å². The van der Waals surface area contributed by atoms with E-state index in [1.807, 2.05) is 37.7 Å². The molecule has 14 heteroatoms. The van der Waals surface area contributed by atoms with Crippen molar-refractivity contribution in [2.24, 2.45) is 33.5 Å². The number of piperidine rings is 1. The summed E-state index contributed by atoms with van der Waals surface area (Å²) < 4.78 is 18.2. The Morgan fingerprint density at radius 1 is 0.967 bits per heavy atom. The van der Waals surface area contributed by atoms with Gasteiger partial charge in [-0.1, -0.05) is 25.7 Å². The second-order valence-corrected chi connectivity index (χ2v) is 25.9. The third kappa shape index (κ3) is 9.01. The number of aliphatic hydroxyl groups excluding tert-OH is 1. The summed E-state index contributed by atoms with van der Waals surface area (Å²) >= 11 is -3.71. The molecule has 6 fully saturated rings. The summed E-state index contributed by atoms with van der Waals surface area (Å²) in [5.41, 5.74) is -2.19. The van der Waals surface area contributed by atoms with Crippen LogP contribution >= 0.6 is 0 Å². The van der Waals surface area contributed by atoms with E-state index in [1.165, 1.54) is 0 Å². The predicted octanol–water partition coefficient (Wildman–Crippen LogP) is 4.28. The number of carbonyl (C=O) groups is 4. The van der Waals surface area contributed by atoms with E-state index in [0.717, 1.165) is 83.6 Å². The van der Waals surface area contributed by atoms with Crippen molar-refractivity contribution >= 4 is 49.8 Å². The first-order chi connectivity index (χ1) is 28.7. The number of hydrogen-bond acceptors (Lipinski definition) is 6. The quantitative estimate of drug-likeness (QED) is 0.0625. The summed E-state index contributed by atoms with van der Waals surface area (Å²) in [6.07, 6.45) is 15.0. The van der Waals surface area contributed by atoms with Gasteiger partial charge < -0.3 is 5.32 Å². The van der Waals surface area contributed by atoms with Gasteiger partial charge in [0.25, 0.3) is 0 Å². The van der Waals surface area contributed by atoms with Crippen LogP contribution < -0.4 is 19.2 Å². The molecule has 2 saturated heterocycles. The summed E-state index contributed by atoms with van der Waals surface area (Å²) in [5, 5.41) is 18.7. The van der Waals surface area contributed by atoms with Crippen molar-refractivity contribution in [1.29, 1.82) is 0 Å². The predicted molar refractivity (Wildman–Crippen MR) is 238 cm³/mol. The number of likely N-dealkylation sites (tertiary alicyclic amines) is 2. The molecule has 0 unspecified atom stereocenters. The van der Waals surface area contributed by atoms with Crippen molar-refractivity contribution in [1.82, 2.24) is 27.1 Å². The van der Waals surface area contributed by atoms with Gasteiger partial charge in [0.2, 0.25) is 5.91 Å². The first-order valence-electron chi connectivity index (χ1n) is 24.0. The van der Waals surface area contributed by atoms with Crippen LogP contribution in [0.1, 0.15) is 159 Å². The molecule has 0 radical (unpaired) electrons. The summed E-state index contributed by atoms with van der Waals surface area (Å²) in [4.78, 5) is 65.4. The number of carbonyl (C=O) groups excluding carboxylic acids is 4. The zero-order valence-electron chi connectivity index (χ0n) is 39.1. The van der Waals surface area contributed by atoms with E-state index in [-0.39, 0.29) is 57.7 Å². The maximum absolute atomic E-state index is 15.4. The number of nitrogens with zero attached hydrogens (tertiary/aromatic N) is 3. The molecular weight excluding hydrogens is 877 g/mol. The molecule has 6 aliphatic rings. The Labute approximate surface area is 374 Å². The molecule has 0 aromatic rings. The molecule has 2 heterocycles. The fourth-order valence-corrected chi connectivity index (χ4v) is 16.3. The van der Waals surface area contributed by atoms with Gasteiger partial charge in [-0.3, -0.25) is 9.69 Å². The van der Waals surface area contributed by atoms with Crippen LogP contribution in [0.2, 0.25) is 0 Å². The van der Waals surface area contributed by atoms with Gasteiger partial charge in [-0.15, -0.1) is 0 Å². The fourth-order valence-electron chi connectivity index (χ4n) is 12.7. The van der Waals surface area contributed by atoms with Gasteiger partial charge in [-0.05, 0) is 52.0 Å². The van der Waals surface area contributed by atoms with E-state index in [2.05, 4.69) is 58.3 Å². The summed E-state index contributed by atoms with van der Waals surface area (Å²) in [6, 6.07) is -2.00. The van der Waals surface area contributed by atoms with E-state index >= 15 is 4.79 Å². The molecule has 61 heavy (non-hydrogen) atoms. The van der Waals surface area contributed by atoms with Crippen LogP contribution in [0.5, 0.6) is 0 Å². The number of hydrogen-bond donors (Lipinski definition) is 5. The van der Waals surface area contributed by atoms with Crippen LogP contribution in [-0.4, -0.2) is 130 Å². The van der Waals surface area contributed by atoms with Crippen molar-refractivity contribution in [3.8, 4) is 0 Å². The normalized spacial score (nSPS) is 30.8. The van der Waals surface area contributed by atoms with Crippen molar-refractivity contribution in [2.75, 3.05) is 26.2 Å². The van der Waals surface area contributed by atoms with Crippen molar-refractivity contribution in [3.05, 3.63) is 12.7 Å². The zero-order chi connectivity index (χ0) is 44.7. The molecule has 13 nitrogen and oxygen atoms in total. The van der Waals surface area contributed by atoms with Crippen molar-refractivity contribution in [3.63, 3.8) is 0 Å². The van der Waals surface area contributed by atoms with E-state index < -0.39 is 55.3 Å². The molecule has 7 atom stereocenters. The molecule has 6 rings (SSSR count). The van der Waals surface area contributed by atoms with Crippen LogP contribution in [0.3, 0.4) is 0 Å². The summed E-state index contributed by atoms with van der Waals surface area (Å²) in [6.45, 7) is 25.3. The first kappa shape index (κ1) is 48.1. The van der Waals surface area contributed by atoms with Crippen LogP contribution in [0.15, 0.2) is 12.7 Å². The van der Waals surface area contributed by atoms with E-state index in [4.69, 9.17) is 0 Å². The van der Waals surface area contributed by atoms with Gasteiger partial charge in [0.15, 0.2) is 0 Å². The molecule has 4 aliphatic carbocycles. The molecule has 0 aromatic carbocycles. The standard InChI is InChI=1S/C42H68N6O5.C5H12N.O.Sn/c1-9-28-23-42(28,37(43)53)46-34(50)30-24-41(39(7,8)40(41)19-15-20-40)25-48(30)36(52)33(38(4,5)6)45-35(51)32(27-16-11-10-12-17-27)44-31(49)22-29-18-13-14-21-47(29)26(2)3;1-3-5-6-4-2;;/h9,26-30,32-33H,1,10-25H2,2-8H3,(H5,43,44,45,46,49,50,51,53);3-5H2,1-2H3;;/q;-1;;+2/t28-,29+,30+,32+,33-,41-,42-;;;/m1.../s1. The Bertz CT molecular complexity index is 1720. The minimum absolute atomic E-state index is 0.0285. The van der Waals surface area contributed by atoms with Gasteiger partial charge in [-0.2, -0.15) is 0 Å². The summed E-state index contributed by atoms with van der Waals surface area (Å²) in [5.74, 6) is -1.61. The molecule has 0 aromatic heterocycles. The third-order valence-electron chi connectivity index (χ3n) is 16.7. The Kier molecular flexibility index (Phi) is 14.7. The molecule has 5 N–H and O–H groups in total. The molecular formula is C47H80N7O6Sn+. The Morgan fingerprint density at radius 2 is 1.64 bits per heavy atom. The Balaban J connectivity index is 1.28. The van der Waals surface area contributed by atoms with Gasteiger partial charge in [0, 0.05) is 18.5 Å². The van der Waals surface area contributed by atoms with Crippen molar-refractivity contribution < 1.29 is 32.4 Å². The number of rotatable bonds is 17. The Morgan fingerprint density at radius 3 is 2.18 bits per heavy atom. The Hall–Kier alpha value is -2.39. The van der Waals surface area contributed by atoms with E-state index in [9.17, 15) is 22.6 Å². The van der Waals surface area contributed by atoms with Gasteiger partial charge in [0.1, 0.15) is 0 Å². The van der Waals surface area contributed by atoms with Crippen molar-refractivity contribution in [2.45, 2.75) is 194 Å². The van der Waals surface area contributed by atoms with Crippen LogP contribution in [0.4, 0.5) is 0 Å². The molecule has 4 amide bonds. The molecule has 4 saturated carbocycles. The maximum atomic E-state index is 15.4. The molecule has 2 spiro atoms. The topological polar surface area (TPSA) is 165 Å². The van der Waals surface area contributed by atoms with E-state index in [0.29, 0.717) is 44.9 Å². The number of fused-ring (bicyclic) bond motifs is 1. The molecule has 0 bridgehead atoms. The van der Waals surface area contributed by atoms with Crippen LogP contribution in [0.25, 0.3) is 0 Å². The molecule has 2 aliphatic heterocycles. The third-order valence-corrected chi connectivity index (χ3v) is 21.2. The number of amides is 4. The number of aliphatic hydroxyl groups is 1. The average molecular weight is 958 g/mol. The summed E-state index contributed by atoms with van der Waals surface area (Å²) in [7, 11) is 0. The minimum atomic E-state index is -3.71. The second-order valence-electron chi connectivity index (χ2n) is 21.6. The van der Waals surface area contributed by atoms with Gasteiger partial charge >= 0.3 is 259 Å². The second kappa shape index (κ2) is 18.6. The van der Waals surface area contributed by atoms with E-state index in [1.54, 1.807) is 11.0 Å². The van der Waals surface area contributed by atoms with Gasteiger partial charge in [0.05, 0.1) is 0 Å². The van der Waals surface area contributed by atoms with Crippen LogP contribution in [0, 0.1) is 33.5 Å². The van der Waals surface area contributed by atoms with Crippen LogP contribution in [-0.2, 0) is 22.3 Å². The monoisotopic (exact) mass is 959 g/mol. The SMILES string of the molecule is C=C[C@@H]1C[C@]1([NH+]=C(O)[C@@H]1C[C@@]2(CN1C(=O)[C@@H](NC(=O)[C@@H](NC(=O)C[C@@H]1CCCCN1C(C)C)C1CCCCC1)C(C)(C)C)C(C)(C)C21CCC1)C(=O)[NH][Sn](=[O])[N](CC)CCC. The fraction of sp³-hybridized carbons (Fsp3) is 0.851. The first-order valence-corrected chi connectivity index (χ1v) is 27.8.